The summed E-state index contributed by atoms with van der Waals surface area (Å²) in [4.78, 5) is 6.73. The number of aryl methyl sites for hydroxylation is 1. The predicted molar refractivity (Wildman–Crippen MR) is 89.4 cm³/mol. The molecule has 3 aromatic rings. The van der Waals surface area contributed by atoms with Gasteiger partial charge in [0.15, 0.2) is 0 Å². The van der Waals surface area contributed by atoms with Gasteiger partial charge in [-0.1, -0.05) is 0 Å². The van der Waals surface area contributed by atoms with Crippen molar-refractivity contribution in [3.8, 4) is 11.8 Å². The highest BCUT2D eigenvalue weighted by Gasteiger charge is 2.34. The summed E-state index contributed by atoms with van der Waals surface area (Å²) in [7, 11) is 1.93. The largest absolute Gasteiger partial charge is 0.490 e. The van der Waals surface area contributed by atoms with Crippen LogP contribution in [0, 0.1) is 11.3 Å². The van der Waals surface area contributed by atoms with Crippen molar-refractivity contribution in [1.82, 2.24) is 19.7 Å². The Morgan fingerprint density at radius 2 is 2.25 bits per heavy atom. The van der Waals surface area contributed by atoms with Crippen molar-refractivity contribution < 1.29 is 4.74 Å². The fourth-order valence-corrected chi connectivity index (χ4v) is 2.82. The second-order valence-electron chi connectivity index (χ2n) is 6.11. The fourth-order valence-electron chi connectivity index (χ4n) is 2.82. The lowest BCUT2D eigenvalue weighted by Crippen LogP contribution is -2.10. The molecule has 3 heterocycles. The Balaban J connectivity index is 1.36. The van der Waals surface area contributed by atoms with E-state index in [1.54, 1.807) is 12.3 Å². The summed E-state index contributed by atoms with van der Waals surface area (Å²) < 4.78 is 7.70. The van der Waals surface area contributed by atoms with E-state index < -0.39 is 0 Å². The Labute approximate surface area is 139 Å². The van der Waals surface area contributed by atoms with Crippen molar-refractivity contribution in [2.45, 2.75) is 12.6 Å². The van der Waals surface area contributed by atoms with Gasteiger partial charge in [0, 0.05) is 37.3 Å². The van der Waals surface area contributed by atoms with E-state index in [1.165, 1.54) is 5.56 Å². The molecule has 6 heteroatoms. The second-order valence-corrected chi connectivity index (χ2v) is 6.11. The predicted octanol–water partition coefficient (Wildman–Crippen LogP) is 2.10. The van der Waals surface area contributed by atoms with Gasteiger partial charge in [-0.2, -0.15) is 10.4 Å². The van der Waals surface area contributed by atoms with Crippen LogP contribution in [0.4, 0.5) is 0 Å². The molecule has 0 amide bonds. The highest BCUT2D eigenvalue weighted by Crippen LogP contribution is 2.24. The molecule has 4 rings (SSSR count). The zero-order valence-electron chi connectivity index (χ0n) is 13.4. The van der Waals surface area contributed by atoms with Crippen molar-refractivity contribution in [1.29, 1.82) is 5.26 Å². The number of aromatic nitrogens is 3. The fraction of sp³-hybridized carbons (Fsp3) is 0.278. The molecular weight excluding hydrogens is 302 g/mol. The molecule has 6 nitrogen and oxygen atoms in total. The SMILES string of the molecule is Cn1cc(CN2CC2COc2cnc3ccc(C#N)cc3c2)cn1. The van der Waals surface area contributed by atoms with Crippen molar-refractivity contribution in [2.24, 2.45) is 7.05 Å². The van der Waals surface area contributed by atoms with E-state index in [4.69, 9.17) is 10.00 Å². The molecule has 1 fully saturated rings. The van der Waals surface area contributed by atoms with Crippen molar-refractivity contribution in [2.75, 3.05) is 13.2 Å². The molecular formula is C18H17N5O. The van der Waals surface area contributed by atoms with E-state index in [0.29, 0.717) is 18.2 Å². The van der Waals surface area contributed by atoms with Crippen LogP contribution in [-0.4, -0.2) is 38.9 Å². The molecule has 2 atom stereocenters. The highest BCUT2D eigenvalue weighted by atomic mass is 16.5. The lowest BCUT2D eigenvalue weighted by Gasteiger charge is -2.07. The van der Waals surface area contributed by atoms with Gasteiger partial charge in [0.1, 0.15) is 12.4 Å². The summed E-state index contributed by atoms with van der Waals surface area (Å²) in [5.41, 5.74) is 2.72. The summed E-state index contributed by atoms with van der Waals surface area (Å²) >= 11 is 0. The van der Waals surface area contributed by atoms with Crippen molar-refractivity contribution in [3.05, 3.63) is 54.0 Å². The Kier molecular flexibility index (Phi) is 3.63. The van der Waals surface area contributed by atoms with Crippen LogP contribution in [-0.2, 0) is 13.6 Å². The average Bonchev–Trinajstić information content (AvgIpc) is 3.21. The van der Waals surface area contributed by atoms with E-state index >= 15 is 0 Å². The summed E-state index contributed by atoms with van der Waals surface area (Å²) in [5, 5.41) is 14.1. The van der Waals surface area contributed by atoms with Gasteiger partial charge in [-0.15, -0.1) is 0 Å². The molecule has 1 aliphatic rings. The van der Waals surface area contributed by atoms with Gasteiger partial charge in [-0.3, -0.25) is 14.6 Å². The average molecular weight is 319 g/mol. The molecule has 0 aliphatic carbocycles. The van der Waals surface area contributed by atoms with E-state index in [2.05, 4.69) is 21.1 Å². The van der Waals surface area contributed by atoms with Gasteiger partial charge in [-0.25, -0.2) is 0 Å². The summed E-state index contributed by atoms with van der Waals surface area (Å²) in [6.45, 7) is 2.59. The number of nitriles is 1. The topological polar surface area (TPSA) is 66.7 Å². The molecule has 120 valence electrons. The standard InChI is InChI=1S/C18H17N5O/c1-22-9-14(7-21-22)10-23-11-16(23)12-24-17-5-15-4-13(6-19)2-3-18(15)20-8-17/h2-5,7-9,16H,10-12H2,1H3. The Morgan fingerprint density at radius 3 is 3.04 bits per heavy atom. The number of fused-ring (bicyclic) bond motifs is 1. The quantitative estimate of drug-likeness (QED) is 0.674. The molecule has 0 N–H and O–H groups in total. The molecule has 2 unspecified atom stereocenters. The van der Waals surface area contributed by atoms with Crippen LogP contribution in [0.5, 0.6) is 5.75 Å². The number of hydrogen-bond acceptors (Lipinski definition) is 5. The minimum absolute atomic E-state index is 0.436. The van der Waals surface area contributed by atoms with Crippen LogP contribution in [0.2, 0.25) is 0 Å². The molecule has 1 saturated heterocycles. The Morgan fingerprint density at radius 1 is 1.33 bits per heavy atom. The molecule has 0 saturated carbocycles. The molecule has 1 aliphatic heterocycles. The first-order valence-electron chi connectivity index (χ1n) is 7.85. The number of pyridine rings is 1. The molecule has 24 heavy (non-hydrogen) atoms. The summed E-state index contributed by atoms with van der Waals surface area (Å²) in [5.74, 6) is 0.741. The Bertz CT molecular complexity index is 927. The number of ether oxygens (including phenoxy) is 1. The minimum atomic E-state index is 0.436. The maximum Gasteiger partial charge on any atom is 0.138 e. The summed E-state index contributed by atoms with van der Waals surface area (Å²) in [6, 6.07) is 9.99. The number of hydrogen-bond donors (Lipinski definition) is 0. The molecule has 0 bridgehead atoms. The van der Waals surface area contributed by atoms with Crippen molar-refractivity contribution >= 4 is 10.9 Å². The van der Waals surface area contributed by atoms with Crippen LogP contribution < -0.4 is 4.74 Å². The smallest absolute Gasteiger partial charge is 0.138 e. The monoisotopic (exact) mass is 319 g/mol. The van der Waals surface area contributed by atoms with Crippen LogP contribution in [0.1, 0.15) is 11.1 Å². The molecule has 0 radical (unpaired) electrons. The normalized spacial score (nSPS) is 19.2. The van der Waals surface area contributed by atoms with E-state index in [1.807, 2.05) is 42.3 Å². The first-order valence-corrected chi connectivity index (χ1v) is 7.85. The third-order valence-electron chi connectivity index (χ3n) is 4.20. The van der Waals surface area contributed by atoms with Gasteiger partial charge in [-0.05, 0) is 24.3 Å². The number of benzene rings is 1. The molecule has 2 aromatic heterocycles. The van der Waals surface area contributed by atoms with E-state index in [-0.39, 0.29) is 0 Å². The third-order valence-corrected chi connectivity index (χ3v) is 4.20. The van der Waals surface area contributed by atoms with Gasteiger partial charge in [0.25, 0.3) is 0 Å². The zero-order chi connectivity index (χ0) is 16.5. The van der Waals surface area contributed by atoms with Crippen LogP contribution >= 0.6 is 0 Å². The maximum absolute atomic E-state index is 8.99. The van der Waals surface area contributed by atoms with E-state index in [9.17, 15) is 0 Å². The van der Waals surface area contributed by atoms with E-state index in [0.717, 1.165) is 29.7 Å². The highest BCUT2D eigenvalue weighted by molar-refractivity contribution is 5.81. The maximum atomic E-state index is 8.99. The minimum Gasteiger partial charge on any atom is -0.490 e. The first kappa shape index (κ1) is 14.7. The van der Waals surface area contributed by atoms with Crippen LogP contribution in [0.3, 0.4) is 0 Å². The van der Waals surface area contributed by atoms with Gasteiger partial charge in [0.05, 0.1) is 35.6 Å². The molecule has 0 spiro atoms. The van der Waals surface area contributed by atoms with Crippen molar-refractivity contribution in [3.63, 3.8) is 0 Å². The summed E-state index contributed by atoms with van der Waals surface area (Å²) in [6.07, 6.45) is 5.68. The van der Waals surface area contributed by atoms with Gasteiger partial charge in [0.2, 0.25) is 0 Å². The van der Waals surface area contributed by atoms with Crippen LogP contribution in [0.25, 0.3) is 10.9 Å². The number of nitrogens with zero attached hydrogens (tertiary/aromatic N) is 5. The lowest BCUT2D eigenvalue weighted by molar-refractivity contribution is 0.292. The Hall–Kier alpha value is -2.91. The zero-order valence-corrected chi connectivity index (χ0v) is 13.4. The third kappa shape index (κ3) is 3.07. The molecule has 1 aromatic carbocycles. The van der Waals surface area contributed by atoms with Gasteiger partial charge >= 0.3 is 0 Å². The first-order chi connectivity index (χ1) is 11.7. The van der Waals surface area contributed by atoms with Crippen LogP contribution in [0.15, 0.2) is 42.9 Å². The lowest BCUT2D eigenvalue weighted by atomic mass is 10.1. The number of rotatable bonds is 5. The van der Waals surface area contributed by atoms with Gasteiger partial charge < -0.3 is 4.74 Å². The second kappa shape index (κ2) is 5.95.